The molecule has 0 radical (unpaired) electrons. The summed E-state index contributed by atoms with van der Waals surface area (Å²) in [6, 6.07) is 0. The SMILES string of the molecule is OCCCOC1(NCO)CCCCC1. The summed E-state index contributed by atoms with van der Waals surface area (Å²) in [5.41, 5.74) is -0.331. The first kappa shape index (κ1) is 11.9. The summed E-state index contributed by atoms with van der Waals surface area (Å²) in [6.45, 7) is 0.678. The van der Waals surface area contributed by atoms with Crippen LogP contribution in [0.2, 0.25) is 0 Å². The zero-order valence-electron chi connectivity index (χ0n) is 8.67. The molecule has 4 heteroatoms. The Balaban J connectivity index is 2.34. The van der Waals surface area contributed by atoms with E-state index in [4.69, 9.17) is 14.9 Å². The van der Waals surface area contributed by atoms with Gasteiger partial charge in [0, 0.05) is 6.61 Å². The molecule has 1 fully saturated rings. The molecule has 1 rings (SSSR count). The van der Waals surface area contributed by atoms with Crippen molar-refractivity contribution in [3.63, 3.8) is 0 Å². The molecule has 0 heterocycles. The minimum Gasteiger partial charge on any atom is -0.396 e. The zero-order valence-corrected chi connectivity index (χ0v) is 8.67. The van der Waals surface area contributed by atoms with E-state index in [0.717, 1.165) is 25.7 Å². The first-order valence-corrected chi connectivity index (χ1v) is 5.44. The Hall–Kier alpha value is -0.160. The molecule has 1 aliphatic carbocycles. The Morgan fingerprint density at radius 2 is 1.86 bits per heavy atom. The van der Waals surface area contributed by atoms with Crippen molar-refractivity contribution >= 4 is 0 Å². The smallest absolute Gasteiger partial charge is 0.120 e. The maximum absolute atomic E-state index is 8.90. The van der Waals surface area contributed by atoms with Gasteiger partial charge in [0.15, 0.2) is 0 Å². The largest absolute Gasteiger partial charge is 0.396 e. The Labute approximate surface area is 85.3 Å². The van der Waals surface area contributed by atoms with Crippen LogP contribution in [0.25, 0.3) is 0 Å². The topological polar surface area (TPSA) is 61.7 Å². The average Bonchev–Trinajstić information content (AvgIpc) is 2.20. The molecule has 3 N–H and O–H groups in total. The molecule has 0 bridgehead atoms. The molecule has 0 unspecified atom stereocenters. The molecule has 0 saturated heterocycles. The number of rotatable bonds is 6. The van der Waals surface area contributed by atoms with Crippen LogP contribution in [0.3, 0.4) is 0 Å². The quantitative estimate of drug-likeness (QED) is 0.436. The lowest BCUT2D eigenvalue weighted by Gasteiger charge is -2.37. The third kappa shape index (κ3) is 3.53. The van der Waals surface area contributed by atoms with E-state index in [1.807, 2.05) is 0 Å². The van der Waals surface area contributed by atoms with Crippen LogP contribution in [0.4, 0.5) is 0 Å². The minimum atomic E-state index is -0.331. The van der Waals surface area contributed by atoms with Gasteiger partial charge < -0.3 is 14.9 Å². The molecule has 14 heavy (non-hydrogen) atoms. The van der Waals surface area contributed by atoms with E-state index < -0.39 is 0 Å². The lowest BCUT2D eigenvalue weighted by molar-refractivity contribution is -0.108. The zero-order chi connectivity index (χ0) is 10.3. The van der Waals surface area contributed by atoms with Gasteiger partial charge in [-0.1, -0.05) is 6.42 Å². The van der Waals surface area contributed by atoms with Gasteiger partial charge in [0.25, 0.3) is 0 Å². The van der Waals surface area contributed by atoms with E-state index >= 15 is 0 Å². The van der Waals surface area contributed by atoms with Crippen LogP contribution in [0, 0.1) is 0 Å². The number of aliphatic hydroxyl groups is 2. The first-order valence-electron chi connectivity index (χ1n) is 5.44. The number of ether oxygens (including phenoxy) is 1. The van der Waals surface area contributed by atoms with E-state index in [0.29, 0.717) is 13.0 Å². The van der Waals surface area contributed by atoms with Gasteiger partial charge in [0.05, 0.1) is 13.3 Å². The number of hydrogen-bond acceptors (Lipinski definition) is 4. The summed E-state index contributed by atoms with van der Waals surface area (Å²) in [5.74, 6) is 0. The van der Waals surface area contributed by atoms with E-state index in [-0.39, 0.29) is 19.1 Å². The van der Waals surface area contributed by atoms with Crippen LogP contribution in [0.1, 0.15) is 38.5 Å². The van der Waals surface area contributed by atoms with Crippen molar-refractivity contribution in [3.8, 4) is 0 Å². The van der Waals surface area contributed by atoms with Crippen molar-refractivity contribution < 1.29 is 14.9 Å². The van der Waals surface area contributed by atoms with Gasteiger partial charge in [-0.15, -0.1) is 0 Å². The van der Waals surface area contributed by atoms with Crippen molar-refractivity contribution in [1.82, 2.24) is 5.32 Å². The van der Waals surface area contributed by atoms with Crippen LogP contribution in [0.15, 0.2) is 0 Å². The summed E-state index contributed by atoms with van der Waals surface area (Å²) >= 11 is 0. The van der Waals surface area contributed by atoms with Crippen molar-refractivity contribution in [3.05, 3.63) is 0 Å². The van der Waals surface area contributed by atoms with Crippen molar-refractivity contribution in [2.24, 2.45) is 0 Å². The second-order valence-electron chi connectivity index (χ2n) is 3.82. The second kappa shape index (κ2) is 6.35. The highest BCUT2D eigenvalue weighted by atomic mass is 16.5. The fraction of sp³-hybridized carbons (Fsp3) is 1.00. The van der Waals surface area contributed by atoms with Gasteiger partial charge in [0.1, 0.15) is 5.72 Å². The monoisotopic (exact) mass is 203 g/mol. The highest BCUT2D eigenvalue weighted by Gasteiger charge is 2.31. The van der Waals surface area contributed by atoms with Crippen molar-refractivity contribution in [2.75, 3.05) is 19.9 Å². The highest BCUT2D eigenvalue weighted by Crippen LogP contribution is 2.29. The molecule has 0 aliphatic heterocycles. The molecule has 0 aromatic heterocycles. The molecule has 1 aliphatic rings. The predicted molar refractivity (Wildman–Crippen MR) is 53.7 cm³/mol. The maximum Gasteiger partial charge on any atom is 0.120 e. The first-order chi connectivity index (χ1) is 6.83. The van der Waals surface area contributed by atoms with Crippen molar-refractivity contribution in [1.29, 1.82) is 0 Å². The van der Waals surface area contributed by atoms with Gasteiger partial charge >= 0.3 is 0 Å². The van der Waals surface area contributed by atoms with Gasteiger partial charge in [-0.25, -0.2) is 0 Å². The fourth-order valence-corrected chi connectivity index (χ4v) is 1.97. The van der Waals surface area contributed by atoms with Gasteiger partial charge in [-0.05, 0) is 32.1 Å². The normalized spacial score (nSPS) is 21.0. The second-order valence-corrected chi connectivity index (χ2v) is 3.82. The summed E-state index contributed by atoms with van der Waals surface area (Å²) < 4.78 is 5.72. The summed E-state index contributed by atoms with van der Waals surface area (Å²) in [4.78, 5) is 0. The predicted octanol–water partition coefficient (Wildman–Crippen LogP) is 0.585. The van der Waals surface area contributed by atoms with Crippen molar-refractivity contribution in [2.45, 2.75) is 44.2 Å². The van der Waals surface area contributed by atoms with Gasteiger partial charge in [-0.2, -0.15) is 0 Å². The molecule has 0 amide bonds. The summed E-state index contributed by atoms with van der Waals surface area (Å²) in [5, 5.41) is 20.6. The third-order valence-electron chi connectivity index (χ3n) is 2.74. The maximum atomic E-state index is 8.90. The fourth-order valence-electron chi connectivity index (χ4n) is 1.97. The Morgan fingerprint density at radius 1 is 1.14 bits per heavy atom. The number of aliphatic hydroxyl groups excluding tert-OH is 2. The summed E-state index contributed by atoms with van der Waals surface area (Å²) in [6.07, 6.45) is 6.11. The van der Waals surface area contributed by atoms with E-state index in [9.17, 15) is 0 Å². The van der Waals surface area contributed by atoms with Crippen LogP contribution in [-0.2, 0) is 4.74 Å². The van der Waals surface area contributed by atoms with E-state index in [2.05, 4.69) is 5.32 Å². The number of hydrogen-bond donors (Lipinski definition) is 3. The Morgan fingerprint density at radius 3 is 2.43 bits per heavy atom. The van der Waals surface area contributed by atoms with E-state index in [1.165, 1.54) is 6.42 Å². The third-order valence-corrected chi connectivity index (χ3v) is 2.74. The summed E-state index contributed by atoms with van der Waals surface area (Å²) in [7, 11) is 0. The van der Waals surface area contributed by atoms with E-state index in [1.54, 1.807) is 0 Å². The lowest BCUT2D eigenvalue weighted by atomic mass is 9.91. The molecule has 0 spiro atoms. The molecule has 0 atom stereocenters. The Bertz CT molecular complexity index is 141. The highest BCUT2D eigenvalue weighted by molar-refractivity contribution is 4.80. The molecule has 1 saturated carbocycles. The van der Waals surface area contributed by atoms with Crippen LogP contribution < -0.4 is 5.32 Å². The standard InChI is InChI=1S/C10H21NO3/c12-7-4-8-14-10(11-9-13)5-2-1-3-6-10/h11-13H,1-9H2. The molecular formula is C10H21NO3. The molecular weight excluding hydrogens is 182 g/mol. The van der Waals surface area contributed by atoms with Crippen LogP contribution >= 0.6 is 0 Å². The van der Waals surface area contributed by atoms with Gasteiger partial charge in [-0.3, -0.25) is 5.32 Å². The molecule has 0 aromatic rings. The lowest BCUT2D eigenvalue weighted by Crippen LogP contribution is -2.49. The Kier molecular flexibility index (Phi) is 5.40. The average molecular weight is 203 g/mol. The molecule has 4 nitrogen and oxygen atoms in total. The van der Waals surface area contributed by atoms with Crippen LogP contribution in [-0.4, -0.2) is 35.9 Å². The van der Waals surface area contributed by atoms with Crippen LogP contribution in [0.5, 0.6) is 0 Å². The minimum absolute atomic E-state index is 0.0425. The molecule has 84 valence electrons. The number of nitrogens with one attached hydrogen (secondary N) is 1. The van der Waals surface area contributed by atoms with Gasteiger partial charge in [0.2, 0.25) is 0 Å². The molecule has 0 aromatic carbocycles.